The zero-order valence-electron chi connectivity index (χ0n) is 32.3. The Hall–Kier alpha value is -4.79. The van der Waals surface area contributed by atoms with Crippen LogP contribution in [0, 0.1) is 5.82 Å². The number of hydrogen-bond donors (Lipinski definition) is 2. The van der Waals surface area contributed by atoms with E-state index in [0.29, 0.717) is 87.5 Å². The van der Waals surface area contributed by atoms with Gasteiger partial charge in [0, 0.05) is 48.4 Å². The minimum Gasteiger partial charge on any atom is -0.508 e. The third-order valence-corrected chi connectivity index (χ3v) is 9.68. The van der Waals surface area contributed by atoms with E-state index in [-0.39, 0.29) is 39.9 Å². The molecule has 1 aliphatic rings. The highest BCUT2D eigenvalue weighted by atomic mass is 35.5. The summed E-state index contributed by atoms with van der Waals surface area (Å²) in [5, 5.41) is 16.1. The number of nitrogens with one attached hydrogen (secondary N) is 1. The van der Waals surface area contributed by atoms with Crippen molar-refractivity contribution in [1.29, 1.82) is 0 Å². The van der Waals surface area contributed by atoms with Crippen LogP contribution in [0.25, 0.3) is 32.8 Å². The van der Waals surface area contributed by atoms with Crippen LogP contribution in [0.4, 0.5) is 21.8 Å². The molecular formula is C42H49ClFN5O7. The van der Waals surface area contributed by atoms with Crippen LogP contribution in [0.5, 0.6) is 11.5 Å². The Morgan fingerprint density at radius 1 is 0.875 bits per heavy atom. The van der Waals surface area contributed by atoms with E-state index in [1.54, 1.807) is 19.1 Å². The maximum absolute atomic E-state index is 17.0. The lowest BCUT2D eigenvalue weighted by atomic mass is 9.96. The minimum absolute atomic E-state index is 0.00858. The number of nitrogens with zero attached hydrogens (tertiary/aromatic N) is 4. The van der Waals surface area contributed by atoms with E-state index in [4.69, 9.17) is 45.3 Å². The van der Waals surface area contributed by atoms with E-state index in [9.17, 15) is 9.90 Å². The van der Waals surface area contributed by atoms with Gasteiger partial charge in [0.05, 0.1) is 44.7 Å². The van der Waals surface area contributed by atoms with Gasteiger partial charge in [0.15, 0.2) is 5.82 Å². The lowest BCUT2D eigenvalue weighted by Gasteiger charge is -2.42. The molecule has 2 N–H and O–H groups in total. The van der Waals surface area contributed by atoms with E-state index < -0.39 is 11.8 Å². The van der Waals surface area contributed by atoms with Crippen LogP contribution in [0.2, 0.25) is 5.02 Å². The molecule has 1 aromatic heterocycles. The number of piperazine rings is 1. The molecule has 14 heteroatoms. The van der Waals surface area contributed by atoms with Gasteiger partial charge in [-0.3, -0.25) is 4.90 Å². The van der Waals surface area contributed by atoms with Crippen LogP contribution in [-0.2, 0) is 23.7 Å². The van der Waals surface area contributed by atoms with Crippen LogP contribution in [0.3, 0.4) is 0 Å². The Balaban J connectivity index is 1.14. The van der Waals surface area contributed by atoms with Crippen molar-refractivity contribution in [3.63, 3.8) is 0 Å². The van der Waals surface area contributed by atoms with Gasteiger partial charge in [0.25, 0.3) is 0 Å². The molecule has 5 aromatic rings. The standard InChI is InChI=1S/C42H49ClFN5O7/c1-5-55-36(51)27-54-21-20-52-18-19-53-22-23-56-31-12-10-29(11-13-31)45-41-46-39-34(40(47-41)48-14-16-49(17-15-48)42(2,3)4)26-35(43)37(38(39)44)33-25-30(50)24-28-8-6-7-9-32(28)33/h6-13,24-26,50H,5,14-23,27H2,1-4H3,(H,45,46,47). The van der Waals surface area contributed by atoms with Crippen molar-refractivity contribution in [3.8, 4) is 22.6 Å². The predicted octanol–water partition coefficient (Wildman–Crippen LogP) is 7.60. The van der Waals surface area contributed by atoms with Crippen molar-refractivity contribution < 1.29 is 38.0 Å². The predicted molar refractivity (Wildman–Crippen MR) is 217 cm³/mol. The number of ether oxygens (including phenoxy) is 5. The quantitative estimate of drug-likeness (QED) is 0.0712. The Bertz CT molecular complexity index is 2110. The summed E-state index contributed by atoms with van der Waals surface area (Å²) in [7, 11) is 0. The highest BCUT2D eigenvalue weighted by Gasteiger charge is 2.29. The van der Waals surface area contributed by atoms with Crippen molar-refractivity contribution in [2.45, 2.75) is 33.2 Å². The highest BCUT2D eigenvalue weighted by Crippen LogP contribution is 2.42. The van der Waals surface area contributed by atoms with E-state index in [0.717, 1.165) is 23.9 Å². The third-order valence-electron chi connectivity index (χ3n) is 9.38. The van der Waals surface area contributed by atoms with E-state index >= 15 is 4.39 Å². The molecule has 4 aromatic carbocycles. The number of hydrogen-bond acceptors (Lipinski definition) is 12. The molecule has 0 atom stereocenters. The molecule has 1 aliphatic heterocycles. The molecular weight excluding hydrogens is 741 g/mol. The second kappa shape index (κ2) is 18.9. The zero-order chi connectivity index (χ0) is 39.7. The molecule has 1 saturated heterocycles. The lowest BCUT2D eigenvalue weighted by molar-refractivity contribution is -0.149. The summed E-state index contributed by atoms with van der Waals surface area (Å²) in [6, 6.07) is 19.7. The summed E-state index contributed by atoms with van der Waals surface area (Å²) in [6.45, 7) is 13.7. The lowest BCUT2D eigenvalue weighted by Crippen LogP contribution is -2.53. The molecule has 298 valence electrons. The number of carbonyl (C=O) groups excluding carboxylic acids is 1. The second-order valence-electron chi connectivity index (χ2n) is 14.3. The number of phenolic OH excluding ortho intramolecular Hbond substituents is 1. The summed E-state index contributed by atoms with van der Waals surface area (Å²) in [5.74, 6) is 0.485. The van der Waals surface area contributed by atoms with Crippen molar-refractivity contribution in [1.82, 2.24) is 14.9 Å². The summed E-state index contributed by atoms with van der Waals surface area (Å²) in [6.07, 6.45) is 0. The van der Waals surface area contributed by atoms with Gasteiger partial charge in [-0.25, -0.2) is 14.2 Å². The zero-order valence-corrected chi connectivity index (χ0v) is 33.0. The van der Waals surface area contributed by atoms with Gasteiger partial charge in [-0.05, 0) is 86.5 Å². The monoisotopic (exact) mass is 789 g/mol. The second-order valence-corrected chi connectivity index (χ2v) is 14.7. The molecule has 0 unspecified atom stereocenters. The Kier molecular flexibility index (Phi) is 13.8. The van der Waals surface area contributed by atoms with Crippen molar-refractivity contribution >= 4 is 56.7 Å². The number of anilines is 3. The highest BCUT2D eigenvalue weighted by molar-refractivity contribution is 6.35. The van der Waals surface area contributed by atoms with E-state index in [1.165, 1.54) is 6.07 Å². The molecule has 0 aliphatic carbocycles. The first-order valence-corrected chi connectivity index (χ1v) is 19.2. The van der Waals surface area contributed by atoms with Crippen LogP contribution >= 0.6 is 11.6 Å². The number of aromatic nitrogens is 2. The molecule has 0 amide bonds. The number of carbonyl (C=O) groups is 1. The van der Waals surface area contributed by atoms with E-state index in [1.807, 2.05) is 48.5 Å². The third kappa shape index (κ3) is 10.3. The number of rotatable bonds is 17. The van der Waals surface area contributed by atoms with Crippen LogP contribution in [0.1, 0.15) is 27.7 Å². The molecule has 6 rings (SSSR count). The van der Waals surface area contributed by atoms with Gasteiger partial charge in [0.2, 0.25) is 5.95 Å². The molecule has 0 bridgehead atoms. The smallest absolute Gasteiger partial charge is 0.332 e. The molecule has 2 heterocycles. The fourth-order valence-electron chi connectivity index (χ4n) is 6.59. The van der Waals surface area contributed by atoms with Crippen LogP contribution in [0.15, 0.2) is 66.7 Å². The number of benzene rings is 4. The minimum atomic E-state index is -0.596. The summed E-state index contributed by atoms with van der Waals surface area (Å²) >= 11 is 6.92. The average Bonchev–Trinajstić information content (AvgIpc) is 3.17. The molecule has 0 spiro atoms. The number of aromatic hydroxyl groups is 1. The first-order chi connectivity index (χ1) is 27.0. The van der Waals surface area contributed by atoms with Crippen molar-refractivity contribution in [2.75, 3.05) is 89.3 Å². The fraction of sp³-hybridized carbons (Fsp3) is 0.405. The topological polar surface area (TPSA) is 128 Å². The molecule has 1 fully saturated rings. The SMILES string of the molecule is CCOC(=O)COCCOCCOCCOc1ccc(Nc2nc(N3CCN(C(C)(C)C)CC3)c3cc(Cl)c(-c4cc(O)cc5ccccc45)c(F)c3n2)cc1. The summed E-state index contributed by atoms with van der Waals surface area (Å²) in [4.78, 5) is 25.5. The molecule has 0 saturated carbocycles. The largest absolute Gasteiger partial charge is 0.508 e. The first-order valence-electron chi connectivity index (χ1n) is 18.8. The van der Waals surface area contributed by atoms with Gasteiger partial charge < -0.3 is 39.0 Å². The van der Waals surface area contributed by atoms with Crippen LogP contribution in [-0.4, -0.2) is 111 Å². The maximum Gasteiger partial charge on any atom is 0.332 e. The van der Waals surface area contributed by atoms with Gasteiger partial charge in [-0.1, -0.05) is 35.9 Å². The van der Waals surface area contributed by atoms with E-state index in [2.05, 4.69) is 35.9 Å². The van der Waals surface area contributed by atoms with Crippen molar-refractivity contribution in [3.05, 3.63) is 77.6 Å². The van der Waals surface area contributed by atoms with Crippen molar-refractivity contribution in [2.24, 2.45) is 0 Å². The normalized spacial score (nSPS) is 13.7. The molecule has 56 heavy (non-hydrogen) atoms. The Morgan fingerprint density at radius 3 is 2.25 bits per heavy atom. The maximum atomic E-state index is 17.0. The Morgan fingerprint density at radius 2 is 1.55 bits per heavy atom. The fourth-order valence-corrected chi connectivity index (χ4v) is 6.89. The number of phenols is 1. The van der Waals surface area contributed by atoms with Gasteiger partial charge in [0.1, 0.15) is 36.0 Å². The number of fused-ring (bicyclic) bond motifs is 2. The molecule has 0 radical (unpaired) electrons. The summed E-state index contributed by atoms with van der Waals surface area (Å²) in [5.41, 5.74) is 1.46. The number of esters is 1. The molecule has 12 nitrogen and oxygen atoms in total. The number of halogens is 2. The average molecular weight is 790 g/mol. The van der Waals surface area contributed by atoms with Crippen LogP contribution < -0.4 is 15.0 Å². The van der Waals surface area contributed by atoms with Gasteiger partial charge in [-0.2, -0.15) is 4.98 Å². The first kappa shape index (κ1) is 40.9. The van der Waals surface area contributed by atoms with Gasteiger partial charge in [-0.15, -0.1) is 0 Å². The van der Waals surface area contributed by atoms with Gasteiger partial charge >= 0.3 is 5.97 Å². The summed E-state index contributed by atoms with van der Waals surface area (Å²) < 4.78 is 43.8. The Labute approximate surface area is 331 Å².